The molecule has 1 fully saturated rings. The zero-order valence-electron chi connectivity index (χ0n) is 10.2. The third-order valence-corrected chi connectivity index (χ3v) is 4.02. The maximum absolute atomic E-state index is 14.0. The van der Waals surface area contributed by atoms with Crippen molar-refractivity contribution in [3.05, 3.63) is 34.9 Å². The van der Waals surface area contributed by atoms with Gasteiger partial charge in [0.2, 0.25) is 0 Å². The Morgan fingerprint density at radius 2 is 1.76 bits per heavy atom. The second-order valence-electron chi connectivity index (χ2n) is 5.13. The van der Waals surface area contributed by atoms with E-state index in [1.54, 1.807) is 6.92 Å². The van der Waals surface area contributed by atoms with Crippen molar-refractivity contribution in [2.75, 3.05) is 6.54 Å². The van der Waals surface area contributed by atoms with Crippen molar-refractivity contribution >= 4 is 0 Å². The summed E-state index contributed by atoms with van der Waals surface area (Å²) in [5.74, 6) is -0.643. The molecule has 1 aliphatic carbocycles. The van der Waals surface area contributed by atoms with Crippen molar-refractivity contribution in [3.8, 4) is 0 Å². The Kier molecular flexibility index (Phi) is 3.48. The van der Waals surface area contributed by atoms with E-state index >= 15 is 0 Å². The summed E-state index contributed by atoms with van der Waals surface area (Å²) < 4.78 is 27.6. The lowest BCUT2D eigenvalue weighted by Gasteiger charge is -2.37. The molecule has 0 aromatic heterocycles. The molecule has 1 nitrogen and oxygen atoms in total. The van der Waals surface area contributed by atoms with Crippen LogP contribution in [0.15, 0.2) is 12.1 Å². The van der Waals surface area contributed by atoms with Crippen LogP contribution < -0.4 is 5.73 Å². The molecule has 2 N–H and O–H groups in total. The number of hydrogen-bond donors (Lipinski definition) is 1. The average Bonchev–Trinajstić information content (AvgIpc) is 2.34. The van der Waals surface area contributed by atoms with Gasteiger partial charge in [-0.05, 0) is 43.0 Å². The van der Waals surface area contributed by atoms with E-state index in [9.17, 15) is 8.78 Å². The monoisotopic (exact) mass is 239 g/mol. The summed E-state index contributed by atoms with van der Waals surface area (Å²) in [5, 5.41) is 0. The van der Waals surface area contributed by atoms with Gasteiger partial charge in [-0.2, -0.15) is 0 Å². The van der Waals surface area contributed by atoms with E-state index in [-0.39, 0.29) is 17.0 Å². The molecule has 3 heteroatoms. The zero-order valence-corrected chi connectivity index (χ0v) is 10.2. The number of rotatable bonds is 2. The molecule has 0 amide bonds. The second-order valence-corrected chi connectivity index (χ2v) is 5.13. The van der Waals surface area contributed by atoms with Gasteiger partial charge in [-0.25, -0.2) is 8.78 Å². The SMILES string of the molecule is Cc1cc(F)c(C2(CN)CCCCC2)cc1F. The van der Waals surface area contributed by atoms with Gasteiger partial charge >= 0.3 is 0 Å². The van der Waals surface area contributed by atoms with Crippen LogP contribution in [0.2, 0.25) is 0 Å². The first-order valence-electron chi connectivity index (χ1n) is 6.25. The highest BCUT2D eigenvalue weighted by Crippen LogP contribution is 2.40. The van der Waals surface area contributed by atoms with Gasteiger partial charge in [0, 0.05) is 12.0 Å². The highest BCUT2D eigenvalue weighted by molar-refractivity contribution is 5.32. The number of nitrogens with two attached hydrogens (primary N) is 1. The second kappa shape index (κ2) is 4.73. The third kappa shape index (κ3) is 2.21. The molecule has 0 atom stereocenters. The van der Waals surface area contributed by atoms with Gasteiger partial charge in [0.1, 0.15) is 11.6 Å². The summed E-state index contributed by atoms with van der Waals surface area (Å²) in [6, 6.07) is 2.64. The van der Waals surface area contributed by atoms with E-state index in [4.69, 9.17) is 5.73 Å². The largest absolute Gasteiger partial charge is 0.330 e. The van der Waals surface area contributed by atoms with Crippen LogP contribution in [0.3, 0.4) is 0 Å². The molecule has 2 rings (SSSR count). The highest BCUT2D eigenvalue weighted by atomic mass is 19.1. The lowest BCUT2D eigenvalue weighted by molar-refractivity contribution is 0.290. The zero-order chi connectivity index (χ0) is 12.5. The third-order valence-electron chi connectivity index (χ3n) is 4.02. The molecular formula is C14H19F2N. The summed E-state index contributed by atoms with van der Waals surface area (Å²) in [6.45, 7) is 1.98. The van der Waals surface area contributed by atoms with Crippen molar-refractivity contribution in [2.24, 2.45) is 5.73 Å². The molecule has 17 heavy (non-hydrogen) atoms. The molecule has 1 aromatic rings. The molecule has 1 aliphatic rings. The Bertz CT molecular complexity index is 409. The lowest BCUT2D eigenvalue weighted by atomic mass is 9.69. The van der Waals surface area contributed by atoms with Crippen molar-refractivity contribution < 1.29 is 8.78 Å². The maximum Gasteiger partial charge on any atom is 0.127 e. The van der Waals surface area contributed by atoms with Gasteiger partial charge < -0.3 is 5.73 Å². The van der Waals surface area contributed by atoms with E-state index in [1.165, 1.54) is 12.1 Å². The predicted octanol–water partition coefficient (Wildman–Crippen LogP) is 3.43. The standard InChI is InChI=1S/C14H19F2N/c1-10-7-13(16)11(8-12(10)15)14(9-17)5-3-2-4-6-14/h7-8H,2-6,9,17H2,1H3. The van der Waals surface area contributed by atoms with Crippen LogP contribution in [0.1, 0.15) is 43.2 Å². The Balaban J connectivity index is 2.46. The summed E-state index contributed by atoms with van der Waals surface area (Å²) in [4.78, 5) is 0. The molecule has 1 aromatic carbocycles. The topological polar surface area (TPSA) is 26.0 Å². The molecule has 0 aliphatic heterocycles. The van der Waals surface area contributed by atoms with Gasteiger partial charge in [-0.1, -0.05) is 19.3 Å². The quantitative estimate of drug-likeness (QED) is 0.840. The van der Waals surface area contributed by atoms with Crippen LogP contribution >= 0.6 is 0 Å². The Morgan fingerprint density at radius 1 is 1.12 bits per heavy atom. The van der Waals surface area contributed by atoms with Gasteiger partial charge in [0.15, 0.2) is 0 Å². The van der Waals surface area contributed by atoms with E-state index < -0.39 is 0 Å². The highest BCUT2D eigenvalue weighted by Gasteiger charge is 2.35. The van der Waals surface area contributed by atoms with Crippen LogP contribution in [0.25, 0.3) is 0 Å². The molecule has 0 bridgehead atoms. The van der Waals surface area contributed by atoms with Crippen LogP contribution in [-0.2, 0) is 5.41 Å². The molecular weight excluding hydrogens is 220 g/mol. The van der Waals surface area contributed by atoms with E-state index in [1.807, 2.05) is 0 Å². The van der Waals surface area contributed by atoms with E-state index in [0.29, 0.717) is 17.7 Å². The van der Waals surface area contributed by atoms with E-state index in [0.717, 1.165) is 32.1 Å². The average molecular weight is 239 g/mol. The van der Waals surface area contributed by atoms with Crippen LogP contribution in [0, 0.1) is 18.6 Å². The predicted molar refractivity (Wildman–Crippen MR) is 64.9 cm³/mol. The first kappa shape index (κ1) is 12.5. The van der Waals surface area contributed by atoms with E-state index in [2.05, 4.69) is 0 Å². The number of halogens is 2. The molecule has 0 radical (unpaired) electrons. The summed E-state index contributed by atoms with van der Waals surface area (Å²) >= 11 is 0. The van der Waals surface area contributed by atoms with Crippen LogP contribution in [0.5, 0.6) is 0 Å². The molecule has 1 saturated carbocycles. The minimum Gasteiger partial charge on any atom is -0.330 e. The molecule has 0 heterocycles. The minimum atomic E-state index is -0.350. The minimum absolute atomic E-state index is 0.309. The fourth-order valence-electron chi connectivity index (χ4n) is 2.86. The van der Waals surface area contributed by atoms with Crippen LogP contribution in [-0.4, -0.2) is 6.54 Å². The lowest BCUT2D eigenvalue weighted by Crippen LogP contribution is -2.38. The van der Waals surface area contributed by atoms with Crippen molar-refractivity contribution in [2.45, 2.75) is 44.4 Å². The van der Waals surface area contributed by atoms with Crippen molar-refractivity contribution in [1.29, 1.82) is 0 Å². The summed E-state index contributed by atoms with van der Waals surface area (Å²) in [7, 11) is 0. The molecule has 94 valence electrons. The first-order valence-corrected chi connectivity index (χ1v) is 6.25. The normalized spacial score (nSPS) is 19.3. The Hall–Kier alpha value is -0.960. The summed E-state index contributed by atoms with van der Waals surface area (Å²) in [5.41, 5.74) is 6.32. The van der Waals surface area contributed by atoms with Gasteiger partial charge in [-0.3, -0.25) is 0 Å². The smallest absolute Gasteiger partial charge is 0.127 e. The molecule has 0 spiro atoms. The van der Waals surface area contributed by atoms with Gasteiger partial charge in [0.05, 0.1) is 0 Å². The number of aryl methyl sites for hydroxylation is 1. The number of benzene rings is 1. The van der Waals surface area contributed by atoms with Gasteiger partial charge in [0.25, 0.3) is 0 Å². The van der Waals surface area contributed by atoms with Crippen LogP contribution in [0.4, 0.5) is 8.78 Å². The Labute approximate surface area is 101 Å². The molecule has 0 unspecified atom stereocenters. The summed E-state index contributed by atoms with van der Waals surface area (Å²) in [6.07, 6.45) is 4.99. The molecule has 0 saturated heterocycles. The van der Waals surface area contributed by atoms with Crippen molar-refractivity contribution in [1.82, 2.24) is 0 Å². The fraction of sp³-hybridized carbons (Fsp3) is 0.571. The maximum atomic E-state index is 14.0. The van der Waals surface area contributed by atoms with Crippen molar-refractivity contribution in [3.63, 3.8) is 0 Å². The fourth-order valence-corrected chi connectivity index (χ4v) is 2.86. The first-order chi connectivity index (χ1) is 8.09. The number of hydrogen-bond acceptors (Lipinski definition) is 1. The Morgan fingerprint density at radius 3 is 2.35 bits per heavy atom. The van der Waals surface area contributed by atoms with Gasteiger partial charge in [-0.15, -0.1) is 0 Å².